The number of hydrogen-bond donors (Lipinski definition) is 0. The minimum atomic E-state index is -2.30. The maximum Gasteiger partial charge on any atom is 0.261 e. The average molecular weight is 265 g/mol. The van der Waals surface area contributed by atoms with Crippen LogP contribution in [0.25, 0.3) is 0 Å². The SMILES string of the molecule is CC(CN1C(=O)c2ccccc2C1=O)P(C)(C)=O. The molecule has 96 valence electrons. The number of benzene rings is 1. The van der Waals surface area contributed by atoms with Crippen LogP contribution in [0.5, 0.6) is 0 Å². The number of rotatable bonds is 3. The Hall–Kier alpha value is -1.41. The van der Waals surface area contributed by atoms with E-state index in [2.05, 4.69) is 0 Å². The lowest BCUT2D eigenvalue weighted by atomic mass is 10.1. The van der Waals surface area contributed by atoms with Crippen LogP contribution in [0.3, 0.4) is 0 Å². The molecule has 1 aliphatic rings. The first-order chi connectivity index (χ1) is 8.32. The zero-order valence-corrected chi connectivity index (χ0v) is 11.6. The topological polar surface area (TPSA) is 54.5 Å². The first-order valence-corrected chi connectivity index (χ1v) is 8.49. The summed E-state index contributed by atoms with van der Waals surface area (Å²) >= 11 is 0. The first kappa shape index (κ1) is 13.0. The van der Waals surface area contributed by atoms with Crippen molar-refractivity contribution in [3.8, 4) is 0 Å². The first-order valence-electron chi connectivity index (χ1n) is 5.82. The quantitative estimate of drug-likeness (QED) is 0.622. The minimum Gasteiger partial charge on any atom is -0.324 e. The highest BCUT2D eigenvalue weighted by Crippen LogP contribution is 2.43. The molecule has 1 atom stereocenters. The predicted molar refractivity (Wildman–Crippen MR) is 70.7 cm³/mol. The Morgan fingerprint density at radius 2 is 1.56 bits per heavy atom. The molecular weight excluding hydrogens is 249 g/mol. The molecule has 0 spiro atoms. The van der Waals surface area contributed by atoms with Gasteiger partial charge in [-0.3, -0.25) is 14.5 Å². The zero-order valence-electron chi connectivity index (χ0n) is 10.7. The maximum atomic E-state index is 12.1. The highest BCUT2D eigenvalue weighted by Gasteiger charge is 2.37. The second-order valence-corrected chi connectivity index (χ2v) is 8.80. The minimum absolute atomic E-state index is 0.181. The normalized spacial score (nSPS) is 16.9. The Kier molecular flexibility index (Phi) is 3.16. The third kappa shape index (κ3) is 2.13. The second-order valence-electron chi connectivity index (χ2n) is 5.05. The fraction of sp³-hybridized carbons (Fsp3) is 0.385. The number of amides is 2. The van der Waals surface area contributed by atoms with E-state index in [1.165, 1.54) is 4.90 Å². The molecule has 2 amide bonds. The Morgan fingerprint density at radius 1 is 1.11 bits per heavy atom. The molecular formula is C13H16NO3P. The molecule has 0 aliphatic carbocycles. The summed E-state index contributed by atoms with van der Waals surface area (Å²) in [5.41, 5.74) is 0.702. The number of fused-ring (bicyclic) bond motifs is 1. The van der Waals surface area contributed by atoms with Gasteiger partial charge in [-0.15, -0.1) is 0 Å². The molecule has 2 rings (SSSR count). The molecule has 1 heterocycles. The van der Waals surface area contributed by atoms with Crippen molar-refractivity contribution in [2.75, 3.05) is 19.9 Å². The van der Waals surface area contributed by atoms with Crippen LogP contribution in [0.1, 0.15) is 27.6 Å². The molecule has 1 aromatic rings. The molecule has 0 aromatic heterocycles. The predicted octanol–water partition coefficient (Wildman–Crippen LogP) is 2.29. The van der Waals surface area contributed by atoms with Gasteiger partial charge in [0, 0.05) is 12.2 Å². The van der Waals surface area contributed by atoms with E-state index in [0.717, 1.165) is 0 Å². The lowest BCUT2D eigenvalue weighted by molar-refractivity contribution is 0.0655. The number of imide groups is 1. The number of nitrogens with zero attached hydrogens (tertiary/aromatic N) is 1. The van der Waals surface area contributed by atoms with Gasteiger partial charge in [-0.05, 0) is 25.5 Å². The van der Waals surface area contributed by atoms with Gasteiger partial charge in [0.15, 0.2) is 0 Å². The summed E-state index contributed by atoms with van der Waals surface area (Å²) in [5.74, 6) is -0.563. The molecule has 0 saturated heterocycles. The molecule has 0 N–H and O–H groups in total. The average Bonchev–Trinajstić information content (AvgIpc) is 2.54. The van der Waals surface area contributed by atoms with Crippen LogP contribution in [0.2, 0.25) is 0 Å². The number of carbonyl (C=O) groups is 2. The van der Waals surface area contributed by atoms with Crippen molar-refractivity contribution in [1.82, 2.24) is 4.90 Å². The summed E-state index contributed by atoms with van der Waals surface area (Å²) in [5, 5.41) is 0. The lowest BCUT2D eigenvalue weighted by Crippen LogP contribution is -2.35. The van der Waals surface area contributed by atoms with Crippen molar-refractivity contribution in [3.63, 3.8) is 0 Å². The summed E-state index contributed by atoms with van der Waals surface area (Å²) in [6.07, 6.45) is 0. The van der Waals surface area contributed by atoms with Crippen LogP contribution in [-0.4, -0.2) is 42.2 Å². The van der Waals surface area contributed by atoms with Crippen molar-refractivity contribution in [1.29, 1.82) is 0 Å². The highest BCUT2D eigenvalue weighted by molar-refractivity contribution is 7.63. The Labute approximate surface area is 106 Å². The van der Waals surface area contributed by atoms with Gasteiger partial charge in [0.1, 0.15) is 0 Å². The number of hydrogen-bond acceptors (Lipinski definition) is 3. The lowest BCUT2D eigenvalue weighted by Gasteiger charge is -2.22. The second kappa shape index (κ2) is 4.36. The third-order valence-corrected chi connectivity index (χ3v) is 5.67. The van der Waals surface area contributed by atoms with Gasteiger partial charge in [-0.25, -0.2) is 0 Å². The van der Waals surface area contributed by atoms with Crippen LogP contribution >= 0.6 is 7.14 Å². The van der Waals surface area contributed by atoms with Gasteiger partial charge in [0.25, 0.3) is 11.8 Å². The Morgan fingerprint density at radius 3 is 1.94 bits per heavy atom. The van der Waals surface area contributed by atoms with Crippen molar-refractivity contribution >= 4 is 19.0 Å². The van der Waals surface area contributed by atoms with Gasteiger partial charge in [-0.1, -0.05) is 19.1 Å². The largest absolute Gasteiger partial charge is 0.324 e. The molecule has 0 bridgehead atoms. The summed E-state index contributed by atoms with van der Waals surface area (Å²) in [7, 11) is -2.30. The molecule has 18 heavy (non-hydrogen) atoms. The molecule has 0 saturated carbocycles. The monoisotopic (exact) mass is 265 g/mol. The molecule has 1 unspecified atom stereocenters. The van der Waals surface area contributed by atoms with Crippen LogP contribution < -0.4 is 0 Å². The van der Waals surface area contributed by atoms with Crippen molar-refractivity contribution in [2.45, 2.75) is 12.6 Å². The van der Waals surface area contributed by atoms with Crippen molar-refractivity contribution in [2.24, 2.45) is 0 Å². The highest BCUT2D eigenvalue weighted by atomic mass is 31.2. The van der Waals surface area contributed by atoms with Crippen LogP contribution in [-0.2, 0) is 4.57 Å². The molecule has 4 nitrogen and oxygen atoms in total. The van der Waals surface area contributed by atoms with E-state index in [9.17, 15) is 14.2 Å². The fourth-order valence-electron chi connectivity index (χ4n) is 1.87. The number of carbonyl (C=O) groups excluding carboxylic acids is 2. The fourth-order valence-corrected chi connectivity index (χ4v) is 2.42. The van der Waals surface area contributed by atoms with Gasteiger partial charge in [0.2, 0.25) is 0 Å². The Balaban J connectivity index is 2.27. The molecule has 1 aliphatic heterocycles. The van der Waals surface area contributed by atoms with Gasteiger partial charge in [0.05, 0.1) is 18.3 Å². The summed E-state index contributed by atoms with van der Waals surface area (Å²) in [6.45, 7) is 5.38. The molecule has 1 aromatic carbocycles. The van der Waals surface area contributed by atoms with Crippen LogP contribution in [0.4, 0.5) is 0 Å². The van der Waals surface area contributed by atoms with Gasteiger partial charge >= 0.3 is 0 Å². The van der Waals surface area contributed by atoms with E-state index in [0.29, 0.717) is 11.1 Å². The smallest absolute Gasteiger partial charge is 0.261 e. The standard InChI is InChI=1S/C13H16NO3P/c1-9(18(2,3)17)8-14-12(15)10-6-4-5-7-11(10)13(14)16/h4-7,9H,8H2,1-3H3. The van der Waals surface area contributed by atoms with E-state index in [4.69, 9.17) is 0 Å². The Bertz CT molecular complexity index is 526. The van der Waals surface area contributed by atoms with Gasteiger partial charge < -0.3 is 4.57 Å². The van der Waals surface area contributed by atoms with Crippen LogP contribution in [0.15, 0.2) is 24.3 Å². The third-order valence-electron chi connectivity index (χ3n) is 3.39. The van der Waals surface area contributed by atoms with E-state index in [1.807, 2.05) is 6.92 Å². The van der Waals surface area contributed by atoms with E-state index in [1.54, 1.807) is 37.6 Å². The van der Waals surface area contributed by atoms with Gasteiger partial charge in [-0.2, -0.15) is 0 Å². The molecule has 0 fully saturated rings. The van der Waals surface area contributed by atoms with Crippen molar-refractivity contribution < 1.29 is 14.2 Å². The summed E-state index contributed by atoms with van der Waals surface area (Å²) < 4.78 is 11.9. The maximum absolute atomic E-state index is 12.1. The van der Waals surface area contributed by atoms with Crippen molar-refractivity contribution in [3.05, 3.63) is 35.4 Å². The summed E-state index contributed by atoms with van der Waals surface area (Å²) in [4.78, 5) is 25.4. The van der Waals surface area contributed by atoms with E-state index in [-0.39, 0.29) is 24.0 Å². The summed E-state index contributed by atoms with van der Waals surface area (Å²) in [6, 6.07) is 6.78. The van der Waals surface area contributed by atoms with Crippen LogP contribution in [0, 0.1) is 0 Å². The zero-order chi connectivity index (χ0) is 13.5. The molecule has 0 radical (unpaired) electrons. The van der Waals surface area contributed by atoms with E-state index >= 15 is 0 Å². The molecule has 5 heteroatoms. The van der Waals surface area contributed by atoms with E-state index < -0.39 is 7.14 Å².